The van der Waals surface area contributed by atoms with E-state index in [4.69, 9.17) is 4.42 Å². The van der Waals surface area contributed by atoms with Crippen molar-refractivity contribution in [2.45, 2.75) is 56.7 Å². The second-order valence-electron chi connectivity index (χ2n) is 9.31. The normalized spacial score (nSPS) is 23.1. The third-order valence-electron chi connectivity index (χ3n) is 7.17. The highest BCUT2D eigenvalue weighted by Gasteiger charge is 2.38. The minimum atomic E-state index is -0.565. The second-order valence-corrected chi connectivity index (χ2v) is 9.31. The molecule has 1 amide bonds. The van der Waals surface area contributed by atoms with Gasteiger partial charge in [0.1, 0.15) is 6.04 Å². The number of carbonyl (C=O) groups excluding carboxylic acids is 1. The van der Waals surface area contributed by atoms with Gasteiger partial charge in [0.05, 0.1) is 17.6 Å². The Morgan fingerprint density at radius 1 is 1.21 bits per heavy atom. The number of hydrogen-bond acceptors (Lipinski definition) is 5. The van der Waals surface area contributed by atoms with E-state index in [0.717, 1.165) is 35.0 Å². The highest BCUT2D eigenvalue weighted by atomic mass is 16.4. The van der Waals surface area contributed by atoms with Crippen molar-refractivity contribution in [1.29, 1.82) is 5.26 Å². The van der Waals surface area contributed by atoms with Crippen molar-refractivity contribution in [2.24, 2.45) is 13.0 Å². The van der Waals surface area contributed by atoms with E-state index in [0.29, 0.717) is 24.0 Å². The van der Waals surface area contributed by atoms with E-state index in [2.05, 4.69) is 16.7 Å². The molecule has 2 aromatic carbocycles. The minimum Gasteiger partial charge on any atom is -0.408 e. The number of nitriles is 1. The summed E-state index contributed by atoms with van der Waals surface area (Å²) in [5.74, 6) is 0.145. The Bertz CT molecular complexity index is 1250. The largest absolute Gasteiger partial charge is 0.419 e. The summed E-state index contributed by atoms with van der Waals surface area (Å²) in [5, 5.41) is 16.0. The van der Waals surface area contributed by atoms with E-state index in [1.54, 1.807) is 13.1 Å². The molecular weight excluding hydrogens is 416 g/mol. The first-order chi connectivity index (χ1) is 16.0. The zero-order chi connectivity index (χ0) is 22.9. The Morgan fingerprint density at radius 3 is 2.73 bits per heavy atom. The van der Waals surface area contributed by atoms with Crippen LogP contribution in [0.2, 0.25) is 0 Å². The average Bonchev–Trinajstić information content (AvgIpc) is 3.40. The van der Waals surface area contributed by atoms with Crippen LogP contribution in [0.4, 0.5) is 0 Å². The number of aryl methyl sites for hydroxylation is 1. The summed E-state index contributed by atoms with van der Waals surface area (Å²) < 4.78 is 6.69. The number of benzene rings is 2. The number of fused-ring (bicyclic) bond motifs is 2. The van der Waals surface area contributed by atoms with Gasteiger partial charge in [0.15, 0.2) is 5.58 Å². The topological polar surface area (TPSA) is 100 Å². The number of nitrogens with one attached hydrogen (secondary N) is 2. The Balaban J connectivity index is 1.23. The molecule has 0 bridgehead atoms. The van der Waals surface area contributed by atoms with Crippen LogP contribution in [0.15, 0.2) is 51.7 Å². The minimum absolute atomic E-state index is 0.0633. The van der Waals surface area contributed by atoms with E-state index in [1.807, 2.05) is 36.4 Å². The summed E-state index contributed by atoms with van der Waals surface area (Å²) in [7, 11) is 1.69. The van der Waals surface area contributed by atoms with Crippen LogP contribution in [0.3, 0.4) is 0 Å². The second kappa shape index (κ2) is 8.87. The number of carbonyl (C=O) groups is 1. The molecule has 7 nitrogen and oxygen atoms in total. The predicted octanol–water partition coefficient (Wildman–Crippen LogP) is 3.27. The van der Waals surface area contributed by atoms with Gasteiger partial charge in [-0.2, -0.15) is 5.26 Å². The van der Waals surface area contributed by atoms with Gasteiger partial charge >= 0.3 is 5.76 Å². The monoisotopic (exact) mass is 444 g/mol. The van der Waals surface area contributed by atoms with Crippen LogP contribution in [0, 0.1) is 17.2 Å². The van der Waals surface area contributed by atoms with Gasteiger partial charge < -0.3 is 15.1 Å². The molecule has 170 valence electrons. The predicted molar refractivity (Wildman–Crippen MR) is 125 cm³/mol. The molecule has 0 spiro atoms. The molecule has 4 atom stereocenters. The number of rotatable bonds is 5. The molecule has 5 rings (SSSR count). The third kappa shape index (κ3) is 4.31. The first-order valence-corrected chi connectivity index (χ1v) is 11.7. The molecule has 1 saturated heterocycles. The zero-order valence-electron chi connectivity index (χ0n) is 18.7. The Labute approximate surface area is 192 Å². The van der Waals surface area contributed by atoms with Crippen LogP contribution >= 0.6 is 0 Å². The summed E-state index contributed by atoms with van der Waals surface area (Å²) >= 11 is 0. The van der Waals surface area contributed by atoms with Crippen molar-refractivity contribution >= 4 is 17.0 Å². The molecule has 1 aromatic heterocycles. The van der Waals surface area contributed by atoms with E-state index >= 15 is 0 Å². The van der Waals surface area contributed by atoms with Crippen molar-refractivity contribution in [1.82, 2.24) is 15.2 Å². The van der Waals surface area contributed by atoms with Crippen molar-refractivity contribution in [3.63, 3.8) is 0 Å². The number of hydrogen-bond donors (Lipinski definition) is 2. The van der Waals surface area contributed by atoms with Gasteiger partial charge in [0, 0.05) is 19.5 Å². The molecule has 7 heteroatoms. The highest BCUT2D eigenvalue weighted by Crippen LogP contribution is 2.33. The van der Waals surface area contributed by atoms with Gasteiger partial charge in [-0.1, -0.05) is 43.2 Å². The van der Waals surface area contributed by atoms with Crippen molar-refractivity contribution in [3.05, 3.63) is 58.6 Å². The van der Waals surface area contributed by atoms with Crippen LogP contribution in [0.25, 0.3) is 22.2 Å². The van der Waals surface area contributed by atoms with Crippen molar-refractivity contribution in [3.8, 4) is 17.2 Å². The Morgan fingerprint density at radius 2 is 1.97 bits per heavy atom. The molecule has 3 aromatic rings. The van der Waals surface area contributed by atoms with Gasteiger partial charge in [-0.05, 0) is 54.0 Å². The summed E-state index contributed by atoms with van der Waals surface area (Å²) in [6, 6.07) is 15.5. The molecule has 1 saturated carbocycles. The lowest BCUT2D eigenvalue weighted by molar-refractivity contribution is -0.123. The first-order valence-electron chi connectivity index (χ1n) is 11.7. The third-order valence-corrected chi connectivity index (χ3v) is 7.17. The Hall–Kier alpha value is -3.37. The van der Waals surface area contributed by atoms with Crippen molar-refractivity contribution < 1.29 is 9.21 Å². The maximum atomic E-state index is 12.8. The number of aromatic nitrogens is 1. The number of nitrogens with zero attached hydrogens (tertiary/aromatic N) is 2. The smallest absolute Gasteiger partial charge is 0.408 e. The van der Waals surface area contributed by atoms with Crippen LogP contribution < -0.4 is 16.4 Å². The summed E-state index contributed by atoms with van der Waals surface area (Å²) in [6.45, 7) is 0. The molecule has 33 heavy (non-hydrogen) atoms. The molecule has 1 aliphatic heterocycles. The fraction of sp³-hybridized carbons (Fsp3) is 0.423. The standard InChI is InChI=1S/C26H28N4O3/c1-30-23-14-18(10-11-24(23)33-26(30)32)17-8-6-16(7-9-17)12-20(15-27)28-25(31)22-13-19-4-2-3-5-21(19)29-22/h6-11,14,19-22,29H,2-5,12-13H2,1H3,(H,28,31)/t19-,20-,21-,22-/m0/s1. The van der Waals surface area contributed by atoms with E-state index < -0.39 is 6.04 Å². The molecule has 1 aliphatic carbocycles. The molecule has 0 radical (unpaired) electrons. The Kier molecular flexibility index (Phi) is 5.77. The van der Waals surface area contributed by atoms with Gasteiger partial charge in [-0.3, -0.25) is 9.36 Å². The molecule has 0 unspecified atom stereocenters. The lowest BCUT2D eigenvalue weighted by Crippen LogP contribution is -2.47. The lowest BCUT2D eigenvalue weighted by atomic mass is 9.85. The van der Waals surface area contributed by atoms with Crippen molar-refractivity contribution in [2.75, 3.05) is 0 Å². The first kappa shape index (κ1) is 21.5. The maximum absolute atomic E-state index is 12.8. The van der Waals surface area contributed by atoms with Crippen LogP contribution in [-0.2, 0) is 18.3 Å². The zero-order valence-corrected chi connectivity index (χ0v) is 18.7. The maximum Gasteiger partial charge on any atom is 0.419 e. The fourth-order valence-corrected chi connectivity index (χ4v) is 5.30. The average molecular weight is 445 g/mol. The molecular formula is C26H28N4O3. The fourth-order valence-electron chi connectivity index (χ4n) is 5.30. The molecule has 2 aliphatic rings. The van der Waals surface area contributed by atoms with E-state index in [-0.39, 0.29) is 17.7 Å². The lowest BCUT2D eigenvalue weighted by Gasteiger charge is -2.24. The summed E-state index contributed by atoms with van der Waals surface area (Å²) in [6.07, 6.45) is 6.15. The van der Waals surface area contributed by atoms with Crippen LogP contribution in [0.5, 0.6) is 0 Å². The highest BCUT2D eigenvalue weighted by molar-refractivity contribution is 5.83. The van der Waals surface area contributed by atoms with E-state index in [1.165, 1.54) is 23.8 Å². The van der Waals surface area contributed by atoms with E-state index in [9.17, 15) is 14.9 Å². The van der Waals surface area contributed by atoms with Crippen LogP contribution in [-0.4, -0.2) is 28.6 Å². The number of oxazole rings is 1. The number of amides is 1. The quantitative estimate of drug-likeness (QED) is 0.629. The molecule has 2 N–H and O–H groups in total. The summed E-state index contributed by atoms with van der Waals surface area (Å²) in [5.41, 5.74) is 4.27. The van der Waals surface area contributed by atoms with Gasteiger partial charge in [0.25, 0.3) is 0 Å². The van der Waals surface area contributed by atoms with Gasteiger partial charge in [0.2, 0.25) is 5.91 Å². The van der Waals surface area contributed by atoms with Gasteiger partial charge in [-0.25, -0.2) is 4.79 Å². The van der Waals surface area contributed by atoms with Crippen LogP contribution in [0.1, 0.15) is 37.7 Å². The molecule has 2 heterocycles. The van der Waals surface area contributed by atoms with Gasteiger partial charge in [-0.15, -0.1) is 0 Å². The molecule has 2 fully saturated rings. The summed E-state index contributed by atoms with van der Waals surface area (Å²) in [4.78, 5) is 24.5. The SMILES string of the molecule is Cn1c(=O)oc2ccc(-c3ccc(C[C@@H](C#N)NC(=O)[C@@H]4C[C@@H]5CCCC[C@@H]5N4)cc3)cc21.